The summed E-state index contributed by atoms with van der Waals surface area (Å²) in [6, 6.07) is 18.4. The summed E-state index contributed by atoms with van der Waals surface area (Å²) < 4.78 is 0. The smallest absolute Gasteiger partial charge is 0.227 e. The quantitative estimate of drug-likeness (QED) is 0.829. The van der Waals surface area contributed by atoms with Crippen molar-refractivity contribution in [3.05, 3.63) is 60.2 Å². The summed E-state index contributed by atoms with van der Waals surface area (Å²) in [5.74, 6) is 0.344. The van der Waals surface area contributed by atoms with Gasteiger partial charge in [0.15, 0.2) is 0 Å². The van der Waals surface area contributed by atoms with Crippen molar-refractivity contribution >= 4 is 11.8 Å². The molecule has 1 saturated heterocycles. The Kier molecular flexibility index (Phi) is 6.05. The molecular weight excluding hydrogens is 324 g/mol. The molecule has 1 fully saturated rings. The fourth-order valence-corrected chi connectivity index (χ4v) is 3.31. The van der Waals surface area contributed by atoms with E-state index in [-0.39, 0.29) is 11.8 Å². The van der Waals surface area contributed by atoms with Gasteiger partial charge in [0, 0.05) is 32.6 Å². The fraction of sp³-hybridized carbons (Fsp3) is 0.364. The fourth-order valence-electron chi connectivity index (χ4n) is 3.31. The van der Waals surface area contributed by atoms with Gasteiger partial charge < -0.3 is 9.80 Å². The molecule has 4 nitrogen and oxygen atoms in total. The van der Waals surface area contributed by atoms with Crippen molar-refractivity contribution in [2.24, 2.45) is 0 Å². The number of benzene rings is 2. The standard InChI is InChI=1S/C22H26N2O2/c1-2-6-21(25)23-13-15-24(16-14-23)22(26)17-18-9-11-20(12-10-18)19-7-4-3-5-8-19/h3-5,7-12H,2,6,13-17H2,1H3. The average molecular weight is 350 g/mol. The molecule has 3 rings (SSSR count). The maximum absolute atomic E-state index is 12.5. The monoisotopic (exact) mass is 350 g/mol. The first-order valence-electron chi connectivity index (χ1n) is 9.37. The summed E-state index contributed by atoms with van der Waals surface area (Å²) in [6.07, 6.45) is 1.89. The molecule has 0 unspecified atom stereocenters. The molecule has 0 radical (unpaired) electrons. The molecule has 4 heteroatoms. The summed E-state index contributed by atoms with van der Waals surface area (Å²) in [5.41, 5.74) is 3.36. The highest BCUT2D eigenvalue weighted by atomic mass is 16.2. The van der Waals surface area contributed by atoms with Gasteiger partial charge in [-0.15, -0.1) is 0 Å². The van der Waals surface area contributed by atoms with Gasteiger partial charge in [0.05, 0.1) is 6.42 Å². The van der Waals surface area contributed by atoms with E-state index in [9.17, 15) is 9.59 Å². The molecule has 0 atom stereocenters. The molecule has 2 aromatic carbocycles. The van der Waals surface area contributed by atoms with E-state index in [1.165, 1.54) is 5.56 Å². The minimum Gasteiger partial charge on any atom is -0.339 e. The van der Waals surface area contributed by atoms with Crippen LogP contribution in [0.15, 0.2) is 54.6 Å². The van der Waals surface area contributed by atoms with Crippen molar-refractivity contribution in [1.82, 2.24) is 9.80 Å². The van der Waals surface area contributed by atoms with E-state index in [0.29, 0.717) is 39.0 Å². The summed E-state index contributed by atoms with van der Waals surface area (Å²) in [4.78, 5) is 28.2. The maximum atomic E-state index is 12.5. The highest BCUT2D eigenvalue weighted by molar-refractivity contribution is 5.80. The van der Waals surface area contributed by atoms with E-state index in [1.54, 1.807) is 0 Å². The van der Waals surface area contributed by atoms with Gasteiger partial charge in [0.1, 0.15) is 0 Å². The predicted molar refractivity (Wildman–Crippen MR) is 104 cm³/mol. The van der Waals surface area contributed by atoms with Crippen LogP contribution in [0.2, 0.25) is 0 Å². The summed E-state index contributed by atoms with van der Waals surface area (Å²) in [6.45, 7) is 4.59. The van der Waals surface area contributed by atoms with Crippen molar-refractivity contribution < 1.29 is 9.59 Å². The van der Waals surface area contributed by atoms with Crippen molar-refractivity contribution in [1.29, 1.82) is 0 Å². The van der Waals surface area contributed by atoms with Crippen LogP contribution in [0.5, 0.6) is 0 Å². The van der Waals surface area contributed by atoms with Crippen LogP contribution in [0.25, 0.3) is 11.1 Å². The Morgan fingerprint density at radius 3 is 1.88 bits per heavy atom. The molecule has 0 bridgehead atoms. The largest absolute Gasteiger partial charge is 0.339 e. The highest BCUT2D eigenvalue weighted by Crippen LogP contribution is 2.19. The minimum absolute atomic E-state index is 0.139. The van der Waals surface area contributed by atoms with E-state index in [0.717, 1.165) is 17.5 Å². The summed E-state index contributed by atoms with van der Waals surface area (Å²) in [5, 5.41) is 0. The second-order valence-corrected chi connectivity index (χ2v) is 6.75. The van der Waals surface area contributed by atoms with Gasteiger partial charge in [0.25, 0.3) is 0 Å². The van der Waals surface area contributed by atoms with Gasteiger partial charge in [-0.2, -0.15) is 0 Å². The lowest BCUT2D eigenvalue weighted by Gasteiger charge is -2.35. The van der Waals surface area contributed by atoms with E-state index in [1.807, 2.05) is 47.1 Å². The lowest BCUT2D eigenvalue weighted by Crippen LogP contribution is -2.50. The van der Waals surface area contributed by atoms with Crippen LogP contribution in [-0.2, 0) is 16.0 Å². The van der Waals surface area contributed by atoms with Crippen molar-refractivity contribution in [3.8, 4) is 11.1 Å². The summed E-state index contributed by atoms with van der Waals surface area (Å²) in [7, 11) is 0. The third kappa shape index (κ3) is 4.51. The number of rotatable bonds is 5. The Balaban J connectivity index is 1.53. The zero-order valence-electron chi connectivity index (χ0n) is 15.4. The van der Waals surface area contributed by atoms with Crippen LogP contribution in [0.3, 0.4) is 0 Å². The van der Waals surface area contributed by atoms with Crippen molar-refractivity contribution in [2.45, 2.75) is 26.2 Å². The lowest BCUT2D eigenvalue weighted by molar-refractivity contribution is -0.139. The molecule has 1 aliphatic heterocycles. The first-order chi connectivity index (χ1) is 12.7. The van der Waals surface area contributed by atoms with Crippen LogP contribution >= 0.6 is 0 Å². The second-order valence-electron chi connectivity index (χ2n) is 6.75. The molecule has 0 aliphatic carbocycles. The Hall–Kier alpha value is -2.62. The van der Waals surface area contributed by atoms with Gasteiger partial charge >= 0.3 is 0 Å². The molecule has 0 aromatic heterocycles. The molecule has 1 aliphatic rings. The number of carbonyl (C=O) groups excluding carboxylic acids is 2. The van der Waals surface area contributed by atoms with Crippen molar-refractivity contribution in [2.75, 3.05) is 26.2 Å². The zero-order valence-corrected chi connectivity index (χ0v) is 15.4. The normalized spacial score (nSPS) is 14.3. The molecule has 0 saturated carbocycles. The lowest BCUT2D eigenvalue weighted by atomic mass is 10.0. The Morgan fingerprint density at radius 1 is 0.769 bits per heavy atom. The van der Waals surface area contributed by atoms with Crippen LogP contribution in [0.1, 0.15) is 25.3 Å². The van der Waals surface area contributed by atoms with Crippen LogP contribution in [0.4, 0.5) is 0 Å². The molecule has 26 heavy (non-hydrogen) atoms. The number of carbonyl (C=O) groups is 2. The number of piperazine rings is 1. The molecule has 136 valence electrons. The third-order valence-electron chi connectivity index (χ3n) is 4.87. The van der Waals surface area contributed by atoms with Gasteiger partial charge in [-0.1, -0.05) is 61.5 Å². The van der Waals surface area contributed by atoms with Gasteiger partial charge in [-0.05, 0) is 23.1 Å². The highest BCUT2D eigenvalue weighted by Gasteiger charge is 2.23. The predicted octanol–water partition coefficient (Wildman–Crippen LogP) is 3.37. The SMILES string of the molecule is CCCC(=O)N1CCN(C(=O)Cc2ccc(-c3ccccc3)cc2)CC1. The first-order valence-corrected chi connectivity index (χ1v) is 9.37. The Labute approximate surface area is 155 Å². The van der Waals surface area contributed by atoms with Gasteiger partial charge in [0.2, 0.25) is 11.8 Å². The van der Waals surface area contributed by atoms with Crippen LogP contribution < -0.4 is 0 Å². The van der Waals surface area contributed by atoms with Gasteiger partial charge in [-0.3, -0.25) is 9.59 Å². The topological polar surface area (TPSA) is 40.6 Å². The van der Waals surface area contributed by atoms with E-state index < -0.39 is 0 Å². The molecular formula is C22H26N2O2. The summed E-state index contributed by atoms with van der Waals surface area (Å²) >= 11 is 0. The second kappa shape index (κ2) is 8.65. The molecule has 0 spiro atoms. The number of hydrogen-bond acceptors (Lipinski definition) is 2. The number of nitrogens with zero attached hydrogens (tertiary/aromatic N) is 2. The van der Waals surface area contributed by atoms with Crippen LogP contribution in [-0.4, -0.2) is 47.8 Å². The van der Waals surface area contributed by atoms with E-state index in [4.69, 9.17) is 0 Å². The number of hydrogen-bond donors (Lipinski definition) is 0. The maximum Gasteiger partial charge on any atom is 0.227 e. The van der Waals surface area contributed by atoms with E-state index in [2.05, 4.69) is 24.3 Å². The van der Waals surface area contributed by atoms with E-state index >= 15 is 0 Å². The zero-order chi connectivity index (χ0) is 18.4. The number of amides is 2. The average Bonchev–Trinajstić information content (AvgIpc) is 2.69. The van der Waals surface area contributed by atoms with Gasteiger partial charge in [-0.25, -0.2) is 0 Å². The Morgan fingerprint density at radius 2 is 1.31 bits per heavy atom. The molecule has 2 amide bonds. The van der Waals surface area contributed by atoms with Crippen LogP contribution in [0, 0.1) is 0 Å². The first kappa shape index (κ1) is 18.2. The molecule has 0 N–H and O–H groups in total. The van der Waals surface area contributed by atoms with Crippen molar-refractivity contribution in [3.63, 3.8) is 0 Å². The molecule has 1 heterocycles. The third-order valence-corrected chi connectivity index (χ3v) is 4.87. The molecule has 2 aromatic rings. The minimum atomic E-state index is 0.139. The Bertz CT molecular complexity index is 732.